The third-order valence-corrected chi connectivity index (χ3v) is 3.09. The summed E-state index contributed by atoms with van der Waals surface area (Å²) in [5.74, 6) is 0.302. The van der Waals surface area contributed by atoms with Crippen LogP contribution in [0.25, 0.3) is 0 Å². The number of amides is 1. The van der Waals surface area contributed by atoms with Crippen LogP contribution in [0.3, 0.4) is 0 Å². The van der Waals surface area contributed by atoms with Gasteiger partial charge < -0.3 is 11.1 Å². The van der Waals surface area contributed by atoms with Crippen LogP contribution in [0.1, 0.15) is 33.1 Å². The largest absolute Gasteiger partial charge is 0.355 e. The molecule has 1 aliphatic rings. The van der Waals surface area contributed by atoms with Crippen LogP contribution >= 0.6 is 0 Å². The number of nitrogens with two attached hydrogens (primary N) is 1. The van der Waals surface area contributed by atoms with Crippen molar-refractivity contribution >= 4 is 5.91 Å². The summed E-state index contributed by atoms with van der Waals surface area (Å²) < 4.78 is 0. The van der Waals surface area contributed by atoms with Crippen LogP contribution in [-0.2, 0) is 4.79 Å². The van der Waals surface area contributed by atoms with Gasteiger partial charge >= 0.3 is 0 Å². The fourth-order valence-electron chi connectivity index (χ4n) is 1.26. The molecule has 0 aromatic heterocycles. The van der Waals surface area contributed by atoms with Gasteiger partial charge in [0.15, 0.2) is 0 Å². The predicted octanol–water partition coefficient (Wildman–Crippen LogP) is 0.888. The third-order valence-electron chi connectivity index (χ3n) is 3.09. The predicted molar refractivity (Wildman–Crippen MR) is 53.2 cm³/mol. The molecule has 0 spiro atoms. The average Bonchev–Trinajstić information content (AvgIpc) is 2.93. The first-order chi connectivity index (χ1) is 6.13. The Balaban J connectivity index is 2.22. The molecule has 0 aromatic carbocycles. The molecule has 0 aliphatic heterocycles. The van der Waals surface area contributed by atoms with E-state index in [1.54, 1.807) is 0 Å². The van der Waals surface area contributed by atoms with Crippen molar-refractivity contribution in [1.29, 1.82) is 0 Å². The number of carbonyl (C=O) groups is 1. The summed E-state index contributed by atoms with van der Waals surface area (Å²) in [4.78, 5) is 11.4. The molecule has 0 saturated heterocycles. The molecule has 1 fully saturated rings. The topological polar surface area (TPSA) is 55.1 Å². The Labute approximate surface area is 80.1 Å². The second-order valence-corrected chi connectivity index (χ2v) is 4.23. The first-order valence-corrected chi connectivity index (χ1v) is 5.11. The maximum atomic E-state index is 11.4. The standard InChI is InChI=1S/C10H20N2O/c1-3-8(2)9(13)12-7-10(6-11)4-5-10/h8H,3-7,11H2,1-2H3,(H,12,13). The molecule has 3 heteroatoms. The van der Waals surface area contributed by atoms with Gasteiger partial charge in [-0.05, 0) is 31.2 Å². The number of carbonyl (C=O) groups excluding carboxylic acids is 1. The molecule has 1 amide bonds. The van der Waals surface area contributed by atoms with Crippen molar-refractivity contribution in [1.82, 2.24) is 5.32 Å². The van der Waals surface area contributed by atoms with E-state index in [4.69, 9.17) is 5.73 Å². The van der Waals surface area contributed by atoms with Gasteiger partial charge in [0, 0.05) is 12.5 Å². The first-order valence-electron chi connectivity index (χ1n) is 5.11. The number of hydrogen-bond acceptors (Lipinski definition) is 2. The van der Waals surface area contributed by atoms with E-state index in [9.17, 15) is 4.79 Å². The van der Waals surface area contributed by atoms with Gasteiger partial charge in [0.1, 0.15) is 0 Å². The fourth-order valence-corrected chi connectivity index (χ4v) is 1.26. The molecule has 3 nitrogen and oxygen atoms in total. The highest BCUT2D eigenvalue weighted by Crippen LogP contribution is 2.43. The van der Waals surface area contributed by atoms with Gasteiger partial charge in [-0.1, -0.05) is 13.8 Å². The summed E-state index contributed by atoms with van der Waals surface area (Å²) in [5, 5.41) is 2.97. The minimum absolute atomic E-state index is 0.133. The molecule has 76 valence electrons. The number of nitrogens with one attached hydrogen (secondary N) is 1. The normalized spacial score (nSPS) is 20.8. The maximum Gasteiger partial charge on any atom is 0.222 e. The maximum absolute atomic E-state index is 11.4. The molecule has 13 heavy (non-hydrogen) atoms. The molecule has 1 rings (SSSR count). The zero-order valence-electron chi connectivity index (χ0n) is 8.60. The lowest BCUT2D eigenvalue weighted by Crippen LogP contribution is -2.36. The minimum Gasteiger partial charge on any atom is -0.355 e. The van der Waals surface area contributed by atoms with Crippen molar-refractivity contribution in [3.8, 4) is 0 Å². The van der Waals surface area contributed by atoms with E-state index >= 15 is 0 Å². The van der Waals surface area contributed by atoms with Gasteiger partial charge in [-0.3, -0.25) is 4.79 Å². The van der Waals surface area contributed by atoms with Crippen LogP contribution in [0.15, 0.2) is 0 Å². The lowest BCUT2D eigenvalue weighted by atomic mass is 10.1. The smallest absolute Gasteiger partial charge is 0.222 e. The van der Waals surface area contributed by atoms with E-state index in [0.29, 0.717) is 6.54 Å². The van der Waals surface area contributed by atoms with Gasteiger partial charge in [0.05, 0.1) is 0 Å². The second kappa shape index (κ2) is 4.09. The molecular formula is C10H20N2O. The summed E-state index contributed by atoms with van der Waals surface area (Å²) in [6.07, 6.45) is 3.25. The van der Waals surface area contributed by atoms with E-state index < -0.39 is 0 Å². The van der Waals surface area contributed by atoms with Gasteiger partial charge in [0.25, 0.3) is 0 Å². The van der Waals surface area contributed by atoms with Gasteiger partial charge in [0.2, 0.25) is 5.91 Å². The molecule has 0 aromatic rings. The SMILES string of the molecule is CCC(C)C(=O)NCC1(CN)CC1. The van der Waals surface area contributed by atoms with Crippen molar-refractivity contribution in [3.05, 3.63) is 0 Å². The van der Waals surface area contributed by atoms with Crippen LogP contribution in [0.4, 0.5) is 0 Å². The van der Waals surface area contributed by atoms with Crippen LogP contribution in [0.5, 0.6) is 0 Å². The minimum atomic E-state index is 0.133. The zero-order chi connectivity index (χ0) is 9.90. The van der Waals surface area contributed by atoms with Crippen LogP contribution in [0, 0.1) is 11.3 Å². The van der Waals surface area contributed by atoms with Crippen LogP contribution in [0.2, 0.25) is 0 Å². The van der Waals surface area contributed by atoms with Crippen LogP contribution in [-0.4, -0.2) is 19.0 Å². The van der Waals surface area contributed by atoms with Crippen molar-refractivity contribution in [2.45, 2.75) is 33.1 Å². The highest BCUT2D eigenvalue weighted by molar-refractivity contribution is 5.78. The lowest BCUT2D eigenvalue weighted by Gasteiger charge is -2.15. The molecule has 3 N–H and O–H groups in total. The highest BCUT2D eigenvalue weighted by atomic mass is 16.1. The molecular weight excluding hydrogens is 164 g/mol. The van der Waals surface area contributed by atoms with Crippen molar-refractivity contribution in [2.75, 3.05) is 13.1 Å². The van der Waals surface area contributed by atoms with E-state index in [0.717, 1.165) is 13.0 Å². The quantitative estimate of drug-likeness (QED) is 0.666. The monoisotopic (exact) mass is 184 g/mol. The molecule has 1 saturated carbocycles. The zero-order valence-corrected chi connectivity index (χ0v) is 8.60. The Morgan fingerprint density at radius 3 is 2.62 bits per heavy atom. The Hall–Kier alpha value is -0.570. The van der Waals surface area contributed by atoms with Gasteiger partial charge in [-0.2, -0.15) is 0 Å². The van der Waals surface area contributed by atoms with Crippen molar-refractivity contribution in [2.24, 2.45) is 17.1 Å². The van der Waals surface area contributed by atoms with Gasteiger partial charge in [-0.15, -0.1) is 0 Å². The highest BCUT2D eigenvalue weighted by Gasteiger charge is 2.41. The Bertz CT molecular complexity index is 187. The average molecular weight is 184 g/mol. The third kappa shape index (κ3) is 2.69. The number of rotatable bonds is 5. The molecule has 1 unspecified atom stereocenters. The van der Waals surface area contributed by atoms with E-state index in [-0.39, 0.29) is 17.2 Å². The molecule has 0 heterocycles. The Kier molecular flexibility index (Phi) is 3.31. The molecule has 1 atom stereocenters. The Morgan fingerprint density at radius 1 is 1.62 bits per heavy atom. The van der Waals surface area contributed by atoms with Gasteiger partial charge in [-0.25, -0.2) is 0 Å². The summed E-state index contributed by atoms with van der Waals surface area (Å²) in [7, 11) is 0. The van der Waals surface area contributed by atoms with Crippen molar-refractivity contribution in [3.63, 3.8) is 0 Å². The first kappa shape index (κ1) is 10.5. The molecule has 0 radical (unpaired) electrons. The summed E-state index contributed by atoms with van der Waals surface area (Å²) in [6.45, 7) is 5.46. The van der Waals surface area contributed by atoms with E-state index in [2.05, 4.69) is 5.32 Å². The lowest BCUT2D eigenvalue weighted by molar-refractivity contribution is -0.124. The molecule has 1 aliphatic carbocycles. The van der Waals surface area contributed by atoms with Crippen molar-refractivity contribution < 1.29 is 4.79 Å². The summed E-state index contributed by atoms with van der Waals surface area (Å²) in [5.41, 5.74) is 5.87. The van der Waals surface area contributed by atoms with E-state index in [1.807, 2.05) is 13.8 Å². The number of hydrogen-bond donors (Lipinski definition) is 2. The summed E-state index contributed by atoms with van der Waals surface area (Å²) >= 11 is 0. The van der Waals surface area contributed by atoms with E-state index in [1.165, 1.54) is 12.8 Å². The van der Waals surface area contributed by atoms with Crippen LogP contribution < -0.4 is 11.1 Å². The second-order valence-electron chi connectivity index (χ2n) is 4.23. The summed E-state index contributed by atoms with van der Waals surface area (Å²) in [6, 6.07) is 0. The fraction of sp³-hybridized carbons (Fsp3) is 0.900. The Morgan fingerprint density at radius 2 is 2.23 bits per heavy atom. The molecule has 0 bridgehead atoms.